The van der Waals surface area contributed by atoms with E-state index in [1.807, 2.05) is 0 Å². The second-order valence-electron chi connectivity index (χ2n) is 6.97. The minimum absolute atomic E-state index is 0. The first-order valence-electron chi connectivity index (χ1n) is 8.46. The Morgan fingerprint density at radius 3 is 2.52 bits per heavy atom. The molecule has 3 aliphatic rings. The molecule has 2 heterocycles. The normalized spacial score (nSPS) is 28.5. The predicted molar refractivity (Wildman–Crippen MR) is 88.0 cm³/mol. The molecule has 2 fully saturated rings. The van der Waals surface area contributed by atoms with E-state index in [2.05, 4.69) is 12.2 Å². The van der Waals surface area contributed by atoms with E-state index in [0.29, 0.717) is 11.7 Å². The highest BCUT2D eigenvalue weighted by Gasteiger charge is 2.44. The van der Waals surface area contributed by atoms with E-state index in [1.165, 1.54) is 0 Å². The Bertz CT molecular complexity index is 803. The van der Waals surface area contributed by atoms with Crippen LogP contribution in [0.1, 0.15) is 54.7 Å². The van der Waals surface area contributed by atoms with Gasteiger partial charge in [-0.2, -0.15) is 0 Å². The number of rotatable bonds is 3. The van der Waals surface area contributed by atoms with Crippen LogP contribution in [-0.4, -0.2) is 40.7 Å². The van der Waals surface area contributed by atoms with E-state index in [4.69, 9.17) is 4.74 Å². The summed E-state index contributed by atoms with van der Waals surface area (Å²) >= 11 is 0. The molecule has 0 aromatic heterocycles. The number of piperidine rings is 1. The van der Waals surface area contributed by atoms with Crippen molar-refractivity contribution in [1.82, 2.24) is 10.2 Å². The van der Waals surface area contributed by atoms with Crippen molar-refractivity contribution in [2.75, 3.05) is 0 Å². The summed E-state index contributed by atoms with van der Waals surface area (Å²) in [5.74, 6) is -0.804. The molecule has 1 N–H and O–H groups in total. The van der Waals surface area contributed by atoms with E-state index in [1.54, 1.807) is 18.2 Å². The van der Waals surface area contributed by atoms with Crippen LogP contribution in [0.25, 0.3) is 0 Å². The van der Waals surface area contributed by atoms with Gasteiger partial charge in [0.15, 0.2) is 0 Å². The Hall–Kier alpha value is -2.70. The molecule has 4 rings (SSSR count). The van der Waals surface area contributed by atoms with Crippen LogP contribution in [0.2, 0.25) is 0 Å². The van der Waals surface area contributed by atoms with E-state index in [9.17, 15) is 19.2 Å². The molecule has 7 heteroatoms. The van der Waals surface area contributed by atoms with Gasteiger partial charge in [0.25, 0.3) is 11.8 Å². The number of nitrogens with zero attached hydrogens (tertiary/aromatic N) is 1. The molecule has 2 aliphatic heterocycles. The SMILES string of the molecule is CC1CC(Oc2ccc3c(c2)C(=O)N(C2CCC(=O)NC2=O)C3=O)C1.[HH]. The first kappa shape index (κ1) is 15.8. The van der Waals surface area contributed by atoms with Crippen molar-refractivity contribution < 1.29 is 25.3 Å². The lowest BCUT2D eigenvalue weighted by atomic mass is 9.84. The molecular weight excluding hydrogens is 324 g/mol. The fourth-order valence-electron chi connectivity index (χ4n) is 3.64. The van der Waals surface area contributed by atoms with Crippen molar-refractivity contribution in [1.29, 1.82) is 0 Å². The first-order chi connectivity index (χ1) is 11.9. The van der Waals surface area contributed by atoms with Gasteiger partial charge in [-0.25, -0.2) is 0 Å². The second-order valence-corrected chi connectivity index (χ2v) is 6.97. The van der Waals surface area contributed by atoms with Crippen molar-refractivity contribution in [3.05, 3.63) is 29.3 Å². The van der Waals surface area contributed by atoms with Gasteiger partial charge in [-0.15, -0.1) is 0 Å². The number of carbonyl (C=O) groups excluding carboxylic acids is 4. The lowest BCUT2D eigenvalue weighted by molar-refractivity contribution is -0.136. The minimum atomic E-state index is -0.943. The van der Waals surface area contributed by atoms with Crippen LogP contribution in [0.15, 0.2) is 18.2 Å². The topological polar surface area (TPSA) is 92.8 Å². The third-order valence-corrected chi connectivity index (χ3v) is 5.04. The Labute approximate surface area is 145 Å². The largest absolute Gasteiger partial charge is 0.490 e. The number of hydrogen-bond donors (Lipinski definition) is 1. The number of hydrogen-bond acceptors (Lipinski definition) is 5. The number of imide groups is 2. The number of ether oxygens (including phenoxy) is 1. The third kappa shape index (κ3) is 2.59. The maximum atomic E-state index is 12.7. The summed E-state index contributed by atoms with van der Waals surface area (Å²) in [5.41, 5.74) is 0.517. The Kier molecular flexibility index (Phi) is 3.59. The van der Waals surface area contributed by atoms with E-state index in [0.717, 1.165) is 17.7 Å². The third-order valence-electron chi connectivity index (χ3n) is 5.04. The van der Waals surface area contributed by atoms with E-state index >= 15 is 0 Å². The molecule has 1 aliphatic carbocycles. The standard InChI is InChI=1S/C18H18N2O5.H2/c1-9-6-11(7-9)25-10-2-3-12-13(8-10)18(24)20(17(12)23)14-4-5-15(21)19-16(14)22;/h2-3,8-9,11,14H,4-7H2,1H3,(H,19,21,22);1H. The maximum Gasteiger partial charge on any atom is 0.262 e. The highest BCUT2D eigenvalue weighted by Crippen LogP contribution is 2.34. The van der Waals surface area contributed by atoms with E-state index in [-0.39, 0.29) is 37.4 Å². The molecule has 0 radical (unpaired) electrons. The molecule has 25 heavy (non-hydrogen) atoms. The fourth-order valence-corrected chi connectivity index (χ4v) is 3.64. The highest BCUT2D eigenvalue weighted by atomic mass is 16.5. The summed E-state index contributed by atoms with van der Waals surface area (Å²) in [5, 5.41) is 2.18. The van der Waals surface area contributed by atoms with E-state index < -0.39 is 23.8 Å². The van der Waals surface area contributed by atoms with Gasteiger partial charge in [-0.3, -0.25) is 29.4 Å². The Morgan fingerprint density at radius 2 is 1.84 bits per heavy atom. The van der Waals surface area contributed by atoms with Crippen molar-refractivity contribution in [3.8, 4) is 5.75 Å². The summed E-state index contributed by atoms with van der Waals surface area (Å²) in [6, 6.07) is 3.88. The molecule has 4 amide bonds. The van der Waals surface area contributed by atoms with Gasteiger partial charge in [0.2, 0.25) is 11.8 Å². The molecule has 1 aromatic rings. The van der Waals surface area contributed by atoms with Crippen LogP contribution in [0, 0.1) is 5.92 Å². The molecule has 1 aromatic carbocycles. The lowest BCUT2D eigenvalue weighted by Crippen LogP contribution is -2.54. The van der Waals surface area contributed by atoms with Crippen LogP contribution < -0.4 is 10.1 Å². The average molecular weight is 344 g/mol. The van der Waals surface area contributed by atoms with Crippen LogP contribution >= 0.6 is 0 Å². The number of fused-ring (bicyclic) bond motifs is 1. The highest BCUT2D eigenvalue weighted by molar-refractivity contribution is 6.23. The van der Waals surface area contributed by atoms with Crippen LogP contribution in [0.3, 0.4) is 0 Å². The summed E-state index contributed by atoms with van der Waals surface area (Å²) in [6.45, 7) is 2.16. The summed E-state index contributed by atoms with van der Waals surface area (Å²) in [6.07, 6.45) is 2.36. The molecule has 1 saturated carbocycles. The first-order valence-corrected chi connectivity index (χ1v) is 8.46. The predicted octanol–water partition coefficient (Wildman–Crippen LogP) is 1.51. The minimum Gasteiger partial charge on any atom is -0.490 e. The van der Waals surface area contributed by atoms with Gasteiger partial charge in [0.05, 0.1) is 17.2 Å². The Morgan fingerprint density at radius 1 is 1.12 bits per heavy atom. The monoisotopic (exact) mass is 344 g/mol. The average Bonchev–Trinajstić information content (AvgIpc) is 2.78. The lowest BCUT2D eigenvalue weighted by Gasteiger charge is -2.32. The summed E-state index contributed by atoms with van der Waals surface area (Å²) in [4.78, 5) is 49.5. The molecule has 1 unspecified atom stereocenters. The smallest absolute Gasteiger partial charge is 0.262 e. The van der Waals surface area contributed by atoms with Crippen molar-refractivity contribution >= 4 is 23.6 Å². The van der Waals surface area contributed by atoms with Gasteiger partial charge in [0.1, 0.15) is 11.8 Å². The van der Waals surface area contributed by atoms with Crippen molar-refractivity contribution in [3.63, 3.8) is 0 Å². The van der Waals surface area contributed by atoms with Crippen LogP contribution in [0.4, 0.5) is 0 Å². The number of benzene rings is 1. The zero-order valence-corrected chi connectivity index (χ0v) is 13.8. The molecule has 0 bridgehead atoms. The van der Waals surface area contributed by atoms with Gasteiger partial charge in [-0.1, -0.05) is 6.92 Å². The van der Waals surface area contributed by atoms with Gasteiger partial charge in [-0.05, 0) is 43.4 Å². The molecule has 0 spiro atoms. The zero-order chi connectivity index (χ0) is 17.7. The number of nitrogens with one attached hydrogen (secondary N) is 1. The quantitative estimate of drug-likeness (QED) is 0.839. The van der Waals surface area contributed by atoms with Crippen molar-refractivity contribution in [2.45, 2.75) is 44.8 Å². The van der Waals surface area contributed by atoms with Crippen molar-refractivity contribution in [2.24, 2.45) is 5.92 Å². The fraction of sp³-hybridized carbons (Fsp3) is 0.444. The van der Waals surface area contributed by atoms with Gasteiger partial charge >= 0.3 is 0 Å². The summed E-state index contributed by atoms with van der Waals surface area (Å²) < 4.78 is 5.84. The Balaban J connectivity index is 0.00000196. The van der Waals surface area contributed by atoms with Gasteiger partial charge < -0.3 is 4.74 Å². The van der Waals surface area contributed by atoms with Crippen LogP contribution in [0.5, 0.6) is 5.75 Å². The van der Waals surface area contributed by atoms with Crippen LogP contribution in [-0.2, 0) is 9.59 Å². The number of amides is 4. The maximum absolute atomic E-state index is 12.7. The molecular formula is C18H20N2O5. The molecule has 7 nitrogen and oxygen atoms in total. The second kappa shape index (κ2) is 5.68. The summed E-state index contributed by atoms with van der Waals surface area (Å²) in [7, 11) is 0. The molecule has 1 atom stereocenters. The van der Waals surface area contributed by atoms with Gasteiger partial charge in [0, 0.05) is 7.85 Å². The zero-order valence-electron chi connectivity index (χ0n) is 13.8. The molecule has 1 saturated heterocycles. The molecule has 132 valence electrons. The number of carbonyl (C=O) groups is 4.